The zero-order chi connectivity index (χ0) is 21.2. The Bertz CT molecular complexity index is 884. The van der Waals surface area contributed by atoms with Crippen LogP contribution < -0.4 is 10.6 Å². The third-order valence-corrected chi connectivity index (χ3v) is 4.93. The summed E-state index contributed by atoms with van der Waals surface area (Å²) in [6.07, 6.45) is 7.44. The lowest BCUT2D eigenvalue weighted by Gasteiger charge is -2.06. The standard InChI is InChI=1S/C11H17NOS.C10H7N3O2/c1-4-14-7-5-6-10-8-12(3)11(13)9(10)2;14-9-8(12-10(15)13-9)4-3-7-2-1-5-11-6-7/h5-6H,4,7-8H2,1-3H3;1-2,5-6,8H,(H2,12,13,14,15)/b6-5-;/t;8-/m.0/s1. The van der Waals surface area contributed by atoms with Crippen LogP contribution in [0.25, 0.3) is 0 Å². The number of carbonyl (C=O) groups excluding carboxylic acids is 3. The Hall–Kier alpha value is -3.05. The van der Waals surface area contributed by atoms with Gasteiger partial charge in [-0.25, -0.2) is 4.79 Å². The van der Waals surface area contributed by atoms with Gasteiger partial charge in [-0.2, -0.15) is 11.8 Å². The van der Waals surface area contributed by atoms with Crippen LogP contribution in [0.1, 0.15) is 19.4 Å². The number of nitrogens with one attached hydrogen (secondary N) is 2. The highest BCUT2D eigenvalue weighted by Gasteiger charge is 2.27. The molecular weight excluding hydrogens is 388 g/mol. The number of urea groups is 1. The van der Waals surface area contributed by atoms with Crippen LogP contribution in [0.15, 0.2) is 47.8 Å². The average Bonchev–Trinajstić information content (AvgIpc) is 3.17. The second-order valence-corrected chi connectivity index (χ2v) is 7.60. The summed E-state index contributed by atoms with van der Waals surface area (Å²) < 4.78 is 0. The molecule has 1 aromatic heterocycles. The first-order chi connectivity index (χ1) is 13.9. The molecule has 3 heterocycles. The minimum Gasteiger partial charge on any atom is -0.338 e. The monoisotopic (exact) mass is 412 g/mol. The zero-order valence-electron chi connectivity index (χ0n) is 16.7. The highest BCUT2D eigenvalue weighted by atomic mass is 32.2. The van der Waals surface area contributed by atoms with Crippen molar-refractivity contribution in [3.63, 3.8) is 0 Å². The summed E-state index contributed by atoms with van der Waals surface area (Å²) in [4.78, 5) is 38.9. The summed E-state index contributed by atoms with van der Waals surface area (Å²) >= 11 is 1.89. The van der Waals surface area contributed by atoms with Crippen molar-refractivity contribution in [1.29, 1.82) is 0 Å². The van der Waals surface area contributed by atoms with E-state index < -0.39 is 18.0 Å². The lowest BCUT2D eigenvalue weighted by atomic mass is 10.1. The summed E-state index contributed by atoms with van der Waals surface area (Å²) in [6, 6.07) is 2.25. The lowest BCUT2D eigenvalue weighted by Crippen LogP contribution is -2.26. The van der Waals surface area contributed by atoms with E-state index in [2.05, 4.69) is 46.5 Å². The number of pyridine rings is 1. The first kappa shape index (κ1) is 22.2. The lowest BCUT2D eigenvalue weighted by molar-refractivity contribution is -0.124. The molecule has 1 saturated heterocycles. The summed E-state index contributed by atoms with van der Waals surface area (Å²) in [5.74, 6) is 7.31. The maximum Gasteiger partial charge on any atom is 0.322 e. The van der Waals surface area contributed by atoms with Crippen LogP contribution in [0.4, 0.5) is 4.79 Å². The van der Waals surface area contributed by atoms with E-state index in [-0.39, 0.29) is 5.91 Å². The van der Waals surface area contributed by atoms with Gasteiger partial charge in [-0.3, -0.25) is 19.9 Å². The number of amides is 4. The van der Waals surface area contributed by atoms with Crippen LogP contribution in [-0.4, -0.2) is 58.9 Å². The first-order valence-corrected chi connectivity index (χ1v) is 10.3. The molecule has 8 heteroatoms. The van der Waals surface area contributed by atoms with Gasteiger partial charge >= 0.3 is 6.03 Å². The molecule has 0 saturated carbocycles. The van der Waals surface area contributed by atoms with E-state index in [1.807, 2.05) is 25.7 Å². The molecule has 0 aliphatic carbocycles. The highest BCUT2D eigenvalue weighted by Crippen LogP contribution is 2.18. The number of imide groups is 1. The van der Waals surface area contributed by atoms with Crippen molar-refractivity contribution in [2.24, 2.45) is 0 Å². The van der Waals surface area contributed by atoms with Crippen LogP contribution in [0.3, 0.4) is 0 Å². The second kappa shape index (κ2) is 11.1. The van der Waals surface area contributed by atoms with Crippen LogP contribution in [0.5, 0.6) is 0 Å². The van der Waals surface area contributed by atoms with E-state index in [0.29, 0.717) is 5.56 Å². The van der Waals surface area contributed by atoms with Gasteiger partial charge < -0.3 is 10.2 Å². The Morgan fingerprint density at radius 3 is 2.72 bits per heavy atom. The smallest absolute Gasteiger partial charge is 0.322 e. The summed E-state index contributed by atoms with van der Waals surface area (Å²) in [5, 5.41) is 4.48. The van der Waals surface area contributed by atoms with Gasteiger partial charge in [0, 0.05) is 42.9 Å². The number of rotatable bonds is 4. The molecule has 2 N–H and O–H groups in total. The number of hydrogen-bond donors (Lipinski definition) is 2. The molecular formula is C21H24N4O3S. The molecule has 1 aromatic rings. The Labute approximate surface area is 175 Å². The zero-order valence-corrected chi connectivity index (χ0v) is 17.5. The molecule has 3 rings (SSSR count). The van der Waals surface area contributed by atoms with Crippen LogP contribution >= 0.6 is 11.8 Å². The molecule has 0 bridgehead atoms. The molecule has 1 fully saturated rings. The largest absolute Gasteiger partial charge is 0.338 e. The SMILES string of the molecule is CCSC/C=C\C1=C(C)C(=O)N(C)C1.O=C1NC(=O)[C@H](C#Cc2cccnc2)N1. The van der Waals surface area contributed by atoms with Crippen molar-refractivity contribution in [1.82, 2.24) is 20.5 Å². The predicted molar refractivity (Wildman–Crippen MR) is 114 cm³/mol. The van der Waals surface area contributed by atoms with Gasteiger partial charge in [0.05, 0.1) is 0 Å². The van der Waals surface area contributed by atoms with E-state index in [4.69, 9.17) is 0 Å². The molecule has 152 valence electrons. The number of carbonyl (C=O) groups is 3. The fourth-order valence-corrected chi connectivity index (χ4v) is 3.00. The van der Waals surface area contributed by atoms with Crippen molar-refractivity contribution in [2.45, 2.75) is 19.9 Å². The Morgan fingerprint density at radius 2 is 2.17 bits per heavy atom. The summed E-state index contributed by atoms with van der Waals surface area (Å²) in [7, 11) is 1.84. The van der Waals surface area contributed by atoms with Gasteiger partial charge in [0.1, 0.15) is 0 Å². The topological polar surface area (TPSA) is 91.4 Å². The maximum atomic E-state index is 11.4. The van der Waals surface area contributed by atoms with Gasteiger partial charge in [-0.1, -0.05) is 30.9 Å². The second-order valence-electron chi connectivity index (χ2n) is 6.28. The number of thioether (sulfide) groups is 1. The molecule has 4 amide bonds. The minimum absolute atomic E-state index is 0.160. The van der Waals surface area contributed by atoms with Gasteiger partial charge in [-0.15, -0.1) is 0 Å². The van der Waals surface area contributed by atoms with E-state index >= 15 is 0 Å². The molecule has 0 aromatic carbocycles. The summed E-state index contributed by atoms with van der Waals surface area (Å²) in [6.45, 7) is 4.81. The van der Waals surface area contributed by atoms with E-state index in [0.717, 1.165) is 29.2 Å². The molecule has 0 radical (unpaired) electrons. The fourth-order valence-electron chi connectivity index (χ4n) is 2.53. The normalized spacial score (nSPS) is 18.2. The highest BCUT2D eigenvalue weighted by molar-refractivity contribution is 7.99. The van der Waals surface area contributed by atoms with Gasteiger partial charge in [0.15, 0.2) is 6.04 Å². The number of likely N-dealkylation sites (N-methyl/N-ethyl adjacent to an activating group) is 1. The predicted octanol–water partition coefficient (Wildman–Crippen LogP) is 1.73. The Morgan fingerprint density at radius 1 is 1.38 bits per heavy atom. The molecule has 2 aliphatic rings. The molecule has 2 aliphatic heterocycles. The van der Waals surface area contributed by atoms with Gasteiger partial charge in [0.25, 0.3) is 5.91 Å². The van der Waals surface area contributed by atoms with Crippen molar-refractivity contribution >= 4 is 29.6 Å². The van der Waals surface area contributed by atoms with E-state index in [1.165, 1.54) is 0 Å². The number of hydrogen-bond acceptors (Lipinski definition) is 5. The van der Waals surface area contributed by atoms with E-state index in [1.54, 1.807) is 29.4 Å². The molecule has 29 heavy (non-hydrogen) atoms. The van der Waals surface area contributed by atoms with Crippen molar-refractivity contribution in [3.8, 4) is 11.8 Å². The van der Waals surface area contributed by atoms with Gasteiger partial charge in [-0.05, 0) is 30.4 Å². The number of nitrogens with zero attached hydrogens (tertiary/aromatic N) is 2. The number of aromatic nitrogens is 1. The van der Waals surface area contributed by atoms with Crippen molar-refractivity contribution in [2.75, 3.05) is 25.1 Å². The van der Waals surface area contributed by atoms with E-state index in [9.17, 15) is 14.4 Å². The Balaban J connectivity index is 0.000000208. The molecule has 7 nitrogen and oxygen atoms in total. The first-order valence-electron chi connectivity index (χ1n) is 9.14. The van der Waals surface area contributed by atoms with Crippen LogP contribution in [0, 0.1) is 11.8 Å². The molecule has 1 atom stereocenters. The van der Waals surface area contributed by atoms with Crippen molar-refractivity contribution < 1.29 is 14.4 Å². The fraction of sp³-hybridized carbons (Fsp3) is 0.333. The minimum atomic E-state index is -0.766. The molecule has 0 spiro atoms. The molecule has 0 unspecified atom stereocenters. The van der Waals surface area contributed by atoms with Crippen LogP contribution in [0.2, 0.25) is 0 Å². The maximum absolute atomic E-state index is 11.4. The average molecular weight is 413 g/mol. The third kappa shape index (κ3) is 6.80. The third-order valence-electron chi connectivity index (χ3n) is 4.09. The van der Waals surface area contributed by atoms with Crippen LogP contribution in [-0.2, 0) is 9.59 Å². The quantitative estimate of drug-likeness (QED) is 0.446. The van der Waals surface area contributed by atoms with Crippen molar-refractivity contribution in [3.05, 3.63) is 53.4 Å². The van der Waals surface area contributed by atoms with Gasteiger partial charge in [0.2, 0.25) is 5.91 Å². The Kier molecular flexibility index (Phi) is 8.49. The summed E-state index contributed by atoms with van der Waals surface area (Å²) in [5.41, 5.74) is 2.76.